The maximum atomic E-state index is 6.01. The van der Waals surface area contributed by atoms with E-state index in [1.807, 2.05) is 0 Å². The minimum Gasteiger partial charge on any atom is -0.375 e. The lowest BCUT2D eigenvalue weighted by Crippen LogP contribution is -2.54. The highest BCUT2D eigenvalue weighted by atomic mass is 127. The first-order valence-corrected chi connectivity index (χ1v) is 10.6. The Morgan fingerprint density at radius 1 is 1.04 bits per heavy atom. The summed E-state index contributed by atoms with van der Waals surface area (Å²) >= 11 is 0. The van der Waals surface area contributed by atoms with Gasteiger partial charge in [-0.3, -0.25) is 4.99 Å². The predicted octanol–water partition coefficient (Wildman–Crippen LogP) is 3.42. The van der Waals surface area contributed by atoms with E-state index < -0.39 is 0 Å². The van der Waals surface area contributed by atoms with Crippen LogP contribution in [0.3, 0.4) is 0 Å². The highest BCUT2D eigenvalue weighted by Gasteiger charge is 2.44. The summed E-state index contributed by atoms with van der Waals surface area (Å²) in [5.41, 5.74) is 0. The molecule has 0 aromatic heterocycles. The molecule has 4 unspecified atom stereocenters. The summed E-state index contributed by atoms with van der Waals surface area (Å²) in [4.78, 5) is 7.22. The van der Waals surface area contributed by atoms with Crippen molar-refractivity contribution in [1.82, 2.24) is 10.2 Å². The quantitative estimate of drug-likeness (QED) is 0.383. The molecule has 0 bridgehead atoms. The number of halogens is 1. The van der Waals surface area contributed by atoms with Gasteiger partial charge in [-0.05, 0) is 38.0 Å². The Balaban J connectivity index is 0.00000196. The van der Waals surface area contributed by atoms with Crippen LogP contribution in [0.25, 0.3) is 0 Å². The van der Waals surface area contributed by atoms with Gasteiger partial charge in [-0.25, -0.2) is 0 Å². The molecule has 26 heavy (non-hydrogen) atoms. The van der Waals surface area contributed by atoms with Crippen LogP contribution < -0.4 is 5.32 Å². The Hall–Kier alpha value is -0.0800. The predicted molar refractivity (Wildman–Crippen MR) is 115 cm³/mol. The van der Waals surface area contributed by atoms with E-state index in [-0.39, 0.29) is 36.2 Å². The van der Waals surface area contributed by atoms with Gasteiger partial charge >= 0.3 is 0 Å². The van der Waals surface area contributed by atoms with Gasteiger partial charge in [-0.2, -0.15) is 0 Å². The van der Waals surface area contributed by atoms with Crippen molar-refractivity contribution in [1.29, 1.82) is 0 Å². The zero-order valence-corrected chi connectivity index (χ0v) is 18.5. The van der Waals surface area contributed by atoms with Crippen molar-refractivity contribution < 1.29 is 9.47 Å². The number of nitrogens with zero attached hydrogens (tertiary/aromatic N) is 2. The van der Waals surface area contributed by atoms with Gasteiger partial charge in [0.1, 0.15) is 6.10 Å². The van der Waals surface area contributed by atoms with Crippen molar-refractivity contribution in [3.05, 3.63) is 0 Å². The first-order chi connectivity index (χ1) is 12.3. The van der Waals surface area contributed by atoms with E-state index in [1.54, 1.807) is 0 Å². The van der Waals surface area contributed by atoms with Gasteiger partial charge in [0.2, 0.25) is 0 Å². The summed E-state index contributed by atoms with van der Waals surface area (Å²) in [6.07, 6.45) is 11.4. The topological polar surface area (TPSA) is 46.1 Å². The number of hydrogen-bond acceptors (Lipinski definition) is 3. The Labute approximate surface area is 175 Å². The average Bonchev–Trinajstić information content (AvgIpc) is 3.21. The van der Waals surface area contributed by atoms with Gasteiger partial charge < -0.3 is 19.7 Å². The van der Waals surface area contributed by atoms with Crippen molar-refractivity contribution >= 4 is 29.9 Å². The van der Waals surface area contributed by atoms with Crippen molar-refractivity contribution in [2.45, 2.75) is 76.5 Å². The van der Waals surface area contributed by atoms with Crippen molar-refractivity contribution in [2.24, 2.45) is 16.8 Å². The summed E-state index contributed by atoms with van der Waals surface area (Å²) in [5, 5.41) is 3.80. The lowest BCUT2D eigenvalue weighted by molar-refractivity contribution is -0.0817. The van der Waals surface area contributed by atoms with Crippen LogP contribution in [0.2, 0.25) is 0 Å². The normalized spacial score (nSPS) is 35.9. The Morgan fingerprint density at radius 3 is 2.58 bits per heavy atom. The number of rotatable bonds is 4. The standard InChI is InChI=1S/C20H35N3O2.HI/c1-2-21-20(22-17-13-16(17)15-7-4-3-5-8-15)23-10-12-25-19(14-23)18-9-6-11-24-18;/h15-19H,2-14H2,1H3,(H,21,22);1H. The van der Waals surface area contributed by atoms with Crippen LogP contribution in [0.4, 0.5) is 0 Å². The van der Waals surface area contributed by atoms with Gasteiger partial charge in [0.25, 0.3) is 0 Å². The molecule has 2 heterocycles. The second-order valence-corrected chi connectivity index (χ2v) is 8.25. The molecule has 0 radical (unpaired) electrons. The zero-order chi connectivity index (χ0) is 17.1. The number of guanidine groups is 1. The van der Waals surface area contributed by atoms with E-state index in [4.69, 9.17) is 14.5 Å². The number of aliphatic imine (C=N–C) groups is 1. The average molecular weight is 477 g/mol. The first-order valence-electron chi connectivity index (χ1n) is 10.6. The maximum absolute atomic E-state index is 6.01. The minimum absolute atomic E-state index is 0. The minimum atomic E-state index is 0. The lowest BCUT2D eigenvalue weighted by Gasteiger charge is -2.37. The summed E-state index contributed by atoms with van der Waals surface area (Å²) < 4.78 is 11.9. The van der Waals surface area contributed by atoms with Crippen molar-refractivity contribution in [3.8, 4) is 0 Å². The largest absolute Gasteiger partial charge is 0.375 e. The molecule has 4 aliphatic rings. The fraction of sp³-hybridized carbons (Fsp3) is 0.950. The molecule has 2 saturated carbocycles. The van der Waals surface area contributed by atoms with Crippen molar-refractivity contribution in [3.63, 3.8) is 0 Å². The SMILES string of the molecule is CCN=C(NC1CC1C1CCCCC1)N1CCOC(C2CCCO2)C1.I. The summed E-state index contributed by atoms with van der Waals surface area (Å²) in [7, 11) is 0. The third-order valence-corrected chi connectivity index (χ3v) is 6.49. The van der Waals surface area contributed by atoms with Crippen LogP contribution in [0.1, 0.15) is 58.3 Å². The molecule has 0 amide bonds. The van der Waals surface area contributed by atoms with Gasteiger partial charge in [-0.1, -0.05) is 32.1 Å². The molecule has 5 nitrogen and oxygen atoms in total. The number of hydrogen-bond donors (Lipinski definition) is 1. The molecule has 4 atom stereocenters. The third-order valence-electron chi connectivity index (χ3n) is 6.49. The zero-order valence-electron chi connectivity index (χ0n) is 16.2. The van der Waals surface area contributed by atoms with Crippen LogP contribution in [0.15, 0.2) is 4.99 Å². The maximum Gasteiger partial charge on any atom is 0.194 e. The summed E-state index contributed by atoms with van der Waals surface area (Å²) in [6, 6.07) is 0.650. The fourth-order valence-corrected chi connectivity index (χ4v) is 5.00. The summed E-state index contributed by atoms with van der Waals surface area (Å²) in [6.45, 7) is 6.50. The molecule has 2 aliphatic carbocycles. The smallest absolute Gasteiger partial charge is 0.194 e. The molecule has 4 fully saturated rings. The van der Waals surface area contributed by atoms with E-state index in [1.165, 1.54) is 44.9 Å². The number of nitrogens with one attached hydrogen (secondary N) is 1. The molecule has 4 rings (SSSR count). The Kier molecular flexibility index (Phi) is 7.88. The molecule has 1 N–H and O–H groups in total. The molecular weight excluding hydrogens is 441 g/mol. The molecule has 0 aromatic rings. The summed E-state index contributed by atoms with van der Waals surface area (Å²) in [5.74, 6) is 2.95. The molecular formula is C20H36IN3O2. The highest BCUT2D eigenvalue weighted by molar-refractivity contribution is 14.0. The Bertz CT molecular complexity index is 464. The molecule has 150 valence electrons. The van der Waals surface area contributed by atoms with E-state index in [0.29, 0.717) is 6.04 Å². The highest BCUT2D eigenvalue weighted by Crippen LogP contribution is 2.44. The lowest BCUT2D eigenvalue weighted by atomic mass is 9.85. The van der Waals surface area contributed by atoms with Crippen LogP contribution in [0, 0.1) is 11.8 Å². The van der Waals surface area contributed by atoms with Crippen LogP contribution >= 0.6 is 24.0 Å². The van der Waals surface area contributed by atoms with Gasteiger partial charge in [0, 0.05) is 32.3 Å². The van der Waals surface area contributed by atoms with Gasteiger partial charge in [0.15, 0.2) is 5.96 Å². The molecule has 2 aliphatic heterocycles. The molecule has 6 heteroatoms. The second-order valence-electron chi connectivity index (χ2n) is 8.25. The Morgan fingerprint density at radius 2 is 1.85 bits per heavy atom. The van der Waals surface area contributed by atoms with Gasteiger partial charge in [-0.15, -0.1) is 24.0 Å². The van der Waals surface area contributed by atoms with Crippen LogP contribution in [-0.4, -0.2) is 62.0 Å². The molecule has 2 saturated heterocycles. The second kappa shape index (κ2) is 9.92. The van der Waals surface area contributed by atoms with E-state index in [2.05, 4.69) is 17.1 Å². The van der Waals surface area contributed by atoms with Crippen LogP contribution in [-0.2, 0) is 9.47 Å². The third kappa shape index (κ3) is 5.04. The fourth-order valence-electron chi connectivity index (χ4n) is 5.00. The van der Waals surface area contributed by atoms with Gasteiger partial charge in [0.05, 0.1) is 12.7 Å². The van der Waals surface area contributed by atoms with Crippen LogP contribution in [0.5, 0.6) is 0 Å². The first kappa shape index (κ1) is 20.6. The molecule has 0 aromatic carbocycles. The monoisotopic (exact) mass is 477 g/mol. The van der Waals surface area contributed by atoms with E-state index >= 15 is 0 Å². The van der Waals surface area contributed by atoms with E-state index in [9.17, 15) is 0 Å². The number of morpholine rings is 1. The number of ether oxygens (including phenoxy) is 2. The van der Waals surface area contributed by atoms with Crippen molar-refractivity contribution in [2.75, 3.05) is 32.8 Å². The molecule has 0 spiro atoms. The van der Waals surface area contributed by atoms with E-state index in [0.717, 1.165) is 57.1 Å².